The zero-order valence-electron chi connectivity index (χ0n) is 17.2. The fourth-order valence-corrected chi connectivity index (χ4v) is 3.61. The molecule has 2 heterocycles. The second kappa shape index (κ2) is 9.42. The van der Waals surface area contributed by atoms with Crippen LogP contribution in [0.5, 0.6) is 5.75 Å². The molecule has 1 aromatic heterocycles. The maximum atomic E-state index is 12.5. The summed E-state index contributed by atoms with van der Waals surface area (Å²) in [6.45, 7) is 2.22. The van der Waals surface area contributed by atoms with Gasteiger partial charge in [-0.3, -0.25) is 0 Å². The molecular weight excluding hydrogens is 392 g/mol. The van der Waals surface area contributed by atoms with Crippen LogP contribution in [0.3, 0.4) is 0 Å². The Morgan fingerprint density at radius 1 is 1.37 bits per heavy atom. The lowest BCUT2D eigenvalue weighted by Gasteiger charge is -2.22. The van der Waals surface area contributed by atoms with Crippen molar-refractivity contribution in [2.24, 2.45) is 5.92 Å². The number of carbonyl (C=O) groups is 1. The predicted molar refractivity (Wildman–Crippen MR) is 109 cm³/mol. The van der Waals surface area contributed by atoms with Crippen LogP contribution in [0.1, 0.15) is 25.3 Å². The topological polar surface area (TPSA) is 144 Å². The van der Waals surface area contributed by atoms with Crippen molar-refractivity contribution < 1.29 is 34.7 Å². The summed E-state index contributed by atoms with van der Waals surface area (Å²) in [6, 6.07) is 5.89. The number of hydrogen-bond donors (Lipinski definition) is 6. The van der Waals surface area contributed by atoms with E-state index >= 15 is 0 Å². The van der Waals surface area contributed by atoms with Gasteiger partial charge in [0.25, 0.3) is 0 Å². The third-order valence-corrected chi connectivity index (χ3v) is 5.62. The monoisotopic (exact) mass is 422 g/mol. The maximum absolute atomic E-state index is 12.5. The summed E-state index contributed by atoms with van der Waals surface area (Å²) >= 11 is 0. The van der Waals surface area contributed by atoms with Crippen molar-refractivity contribution >= 4 is 16.9 Å². The highest BCUT2D eigenvalue weighted by Crippen LogP contribution is 2.32. The quantitative estimate of drug-likeness (QED) is 0.311. The van der Waals surface area contributed by atoms with Crippen molar-refractivity contribution in [2.45, 2.75) is 50.3 Å². The Bertz CT molecular complexity index is 870. The van der Waals surface area contributed by atoms with Crippen molar-refractivity contribution in [1.29, 1.82) is 0 Å². The number of esters is 1. The van der Waals surface area contributed by atoms with Gasteiger partial charge in [0.05, 0.1) is 6.61 Å². The third kappa shape index (κ3) is 4.66. The number of nitrogens with one attached hydrogen (secondary N) is 2. The van der Waals surface area contributed by atoms with Crippen LogP contribution in [0.15, 0.2) is 24.4 Å². The van der Waals surface area contributed by atoms with Gasteiger partial charge in [-0.25, -0.2) is 4.79 Å². The minimum Gasteiger partial charge on any atom is -0.422 e. The first kappa shape index (κ1) is 22.7. The fraction of sp³-hybridized carbons (Fsp3) is 0.571. The highest BCUT2D eigenvalue weighted by atomic mass is 16.7. The highest BCUT2D eigenvalue weighted by Gasteiger charge is 2.56. The summed E-state index contributed by atoms with van der Waals surface area (Å²) in [6.07, 6.45) is -0.641. The van der Waals surface area contributed by atoms with Crippen molar-refractivity contribution in [3.05, 3.63) is 30.0 Å². The number of ether oxygens (including phenoxy) is 2. The summed E-state index contributed by atoms with van der Waals surface area (Å²) in [4.78, 5) is 15.5. The molecule has 0 unspecified atom stereocenters. The van der Waals surface area contributed by atoms with Gasteiger partial charge < -0.3 is 40.2 Å². The molecule has 2 aromatic rings. The smallest absolute Gasteiger partial charge is 0.343 e. The van der Waals surface area contributed by atoms with Gasteiger partial charge in [0.1, 0.15) is 12.2 Å². The Kier molecular flexibility index (Phi) is 7.12. The zero-order chi connectivity index (χ0) is 21.9. The number of aromatic amines is 1. The Hall–Kier alpha value is -2.01. The van der Waals surface area contributed by atoms with E-state index < -0.39 is 36.7 Å². The number of carbonyl (C=O) groups excluding carboxylic acids is 1. The summed E-state index contributed by atoms with van der Waals surface area (Å²) in [5.74, 6) is -2.56. The molecule has 1 fully saturated rings. The molecular formula is C21H30N2O7. The normalized spacial score (nSPS) is 27.5. The Morgan fingerprint density at radius 3 is 2.80 bits per heavy atom. The molecule has 5 atom stereocenters. The van der Waals surface area contributed by atoms with E-state index in [2.05, 4.69) is 17.2 Å². The van der Waals surface area contributed by atoms with Gasteiger partial charge in [-0.1, -0.05) is 13.0 Å². The van der Waals surface area contributed by atoms with E-state index in [1.165, 1.54) is 6.20 Å². The first-order valence-electron chi connectivity index (χ1n) is 10.1. The van der Waals surface area contributed by atoms with Crippen LogP contribution in [0, 0.1) is 5.92 Å². The molecule has 0 bridgehead atoms. The molecule has 1 saturated heterocycles. The fourth-order valence-electron chi connectivity index (χ4n) is 3.61. The molecule has 6 N–H and O–H groups in total. The van der Waals surface area contributed by atoms with Gasteiger partial charge in [-0.2, -0.15) is 0 Å². The third-order valence-electron chi connectivity index (χ3n) is 5.62. The second-order valence-corrected chi connectivity index (χ2v) is 7.97. The Labute approximate surface area is 174 Å². The van der Waals surface area contributed by atoms with Crippen molar-refractivity contribution in [2.75, 3.05) is 20.2 Å². The van der Waals surface area contributed by atoms with E-state index in [-0.39, 0.29) is 5.75 Å². The number of benzene rings is 1. The van der Waals surface area contributed by atoms with E-state index in [1.807, 2.05) is 25.2 Å². The summed E-state index contributed by atoms with van der Waals surface area (Å²) in [5, 5.41) is 42.8. The largest absolute Gasteiger partial charge is 0.422 e. The predicted octanol–water partition coefficient (Wildman–Crippen LogP) is 0.0530. The van der Waals surface area contributed by atoms with Gasteiger partial charge in [-0.15, -0.1) is 0 Å². The van der Waals surface area contributed by atoms with Crippen molar-refractivity contribution in [3.63, 3.8) is 0 Å². The van der Waals surface area contributed by atoms with Crippen molar-refractivity contribution in [1.82, 2.24) is 10.3 Å². The Morgan fingerprint density at radius 2 is 2.13 bits per heavy atom. The molecule has 0 radical (unpaired) electrons. The molecule has 30 heavy (non-hydrogen) atoms. The number of aliphatic hydroxyl groups excluding tert-OH is 3. The average Bonchev–Trinajstić information content (AvgIpc) is 3.24. The van der Waals surface area contributed by atoms with E-state index in [1.54, 1.807) is 0 Å². The van der Waals surface area contributed by atoms with Gasteiger partial charge in [0, 0.05) is 17.1 Å². The van der Waals surface area contributed by atoms with Crippen LogP contribution in [0.25, 0.3) is 10.9 Å². The number of hydrogen-bond acceptors (Lipinski definition) is 8. The Balaban J connectivity index is 1.70. The average molecular weight is 422 g/mol. The number of rotatable bonds is 9. The molecule has 1 aromatic carbocycles. The minimum absolute atomic E-state index is 0.254. The number of H-pyrrole nitrogens is 1. The first-order chi connectivity index (χ1) is 14.3. The lowest BCUT2D eigenvalue weighted by Crippen LogP contribution is -2.46. The number of fused-ring (bicyclic) bond motifs is 1. The highest BCUT2D eigenvalue weighted by molar-refractivity contribution is 5.90. The lowest BCUT2D eigenvalue weighted by molar-refractivity contribution is -0.246. The molecule has 0 spiro atoms. The minimum atomic E-state index is -2.42. The molecule has 9 heteroatoms. The summed E-state index contributed by atoms with van der Waals surface area (Å²) < 4.78 is 10.4. The van der Waals surface area contributed by atoms with E-state index in [9.17, 15) is 25.2 Å². The van der Waals surface area contributed by atoms with Crippen LogP contribution in [0.4, 0.5) is 0 Å². The molecule has 0 amide bonds. The van der Waals surface area contributed by atoms with Crippen molar-refractivity contribution in [3.8, 4) is 5.75 Å². The first-order valence-corrected chi connectivity index (χ1v) is 10.1. The van der Waals surface area contributed by atoms with Crippen LogP contribution < -0.4 is 10.1 Å². The van der Waals surface area contributed by atoms with Gasteiger partial charge in [0.2, 0.25) is 5.79 Å². The van der Waals surface area contributed by atoms with Crippen LogP contribution in [0.2, 0.25) is 0 Å². The van der Waals surface area contributed by atoms with Gasteiger partial charge in [-0.05, 0) is 56.5 Å². The summed E-state index contributed by atoms with van der Waals surface area (Å²) in [7, 11) is 1.94. The van der Waals surface area contributed by atoms with E-state index in [0.717, 1.165) is 36.9 Å². The maximum Gasteiger partial charge on any atom is 0.343 e. The molecule has 166 valence electrons. The molecule has 1 aliphatic rings. The SMILES string of the molecule is CNCC[C@H](C)CCc1ccc2[nH]cc(OC(=O)[C@@H]3O[C@@](O)(CO)[C@H](O)[C@H]3O)c2c1. The van der Waals surface area contributed by atoms with E-state index in [0.29, 0.717) is 11.3 Å². The number of aryl methyl sites for hydroxylation is 1. The molecule has 3 rings (SSSR count). The zero-order valence-corrected chi connectivity index (χ0v) is 17.2. The van der Waals surface area contributed by atoms with Crippen LogP contribution in [-0.4, -0.2) is 75.7 Å². The second-order valence-electron chi connectivity index (χ2n) is 7.97. The summed E-state index contributed by atoms with van der Waals surface area (Å²) in [5.41, 5.74) is 1.89. The van der Waals surface area contributed by atoms with Crippen LogP contribution in [-0.2, 0) is 16.0 Å². The molecule has 0 aliphatic carbocycles. The standard InChI is InChI=1S/C21H30N2O7/c1-12(7-8-22-2)3-4-13-5-6-15-14(9-13)16(10-23-15)29-20(27)18-17(25)19(26)21(28,11-24)30-18/h5-6,9-10,12,17-19,22-26,28H,3-4,7-8,11H2,1-2H3/t12-,17+,18-,19-,21+/m1/s1. The van der Waals surface area contributed by atoms with Gasteiger partial charge >= 0.3 is 5.97 Å². The van der Waals surface area contributed by atoms with Crippen LogP contribution >= 0.6 is 0 Å². The number of aliphatic hydroxyl groups is 4. The lowest BCUT2D eigenvalue weighted by atomic mass is 9.97. The molecule has 1 aliphatic heterocycles. The van der Waals surface area contributed by atoms with Gasteiger partial charge in [0.15, 0.2) is 11.9 Å². The molecule has 9 nitrogen and oxygen atoms in total. The molecule has 0 saturated carbocycles. The number of aromatic nitrogens is 1. The van der Waals surface area contributed by atoms with E-state index in [4.69, 9.17) is 9.47 Å².